The van der Waals surface area contributed by atoms with E-state index in [0.717, 1.165) is 11.8 Å². The van der Waals surface area contributed by atoms with Crippen LogP contribution in [0.4, 0.5) is 10.5 Å². The number of hydrogen-bond donors (Lipinski definition) is 9. The number of likely N-dealkylation sites (N-methyl/N-ethyl adjacent to an activating group) is 2. The van der Waals surface area contributed by atoms with Crippen LogP contribution in [0.5, 0.6) is 5.75 Å². The average Bonchev–Trinajstić information content (AvgIpc) is 4.02. The summed E-state index contributed by atoms with van der Waals surface area (Å²) in [5, 5.41) is 61.6. The molecule has 0 bridgehead atoms. The monoisotopic (exact) mass is 1150 g/mol. The highest BCUT2D eigenvalue weighted by Gasteiger charge is 2.44. The Morgan fingerprint density at radius 3 is 2.02 bits per heavy atom. The van der Waals surface area contributed by atoms with E-state index in [9.17, 15) is 59.1 Å². The van der Waals surface area contributed by atoms with Gasteiger partial charge in [0.05, 0.1) is 60.6 Å². The number of carbonyl (C=O) groups excluding carboxylic acids is 6. The van der Waals surface area contributed by atoms with Crippen LogP contribution in [0.1, 0.15) is 112 Å². The number of aliphatic hydroxyl groups excluding tert-OH is 3. The maximum absolute atomic E-state index is 14.8. The fourth-order valence-corrected chi connectivity index (χ4v) is 10.1. The van der Waals surface area contributed by atoms with Crippen molar-refractivity contribution in [1.29, 1.82) is 0 Å². The quantitative estimate of drug-likeness (QED) is 0.0464. The van der Waals surface area contributed by atoms with Crippen molar-refractivity contribution in [2.24, 2.45) is 23.7 Å². The number of methoxy groups -OCH3 is 2. The number of ether oxygens (including phenoxy) is 5. The minimum absolute atomic E-state index is 0.00123. The number of hydrogen-bond acceptors (Lipinski definition) is 17. The Labute approximate surface area is 476 Å². The molecule has 0 aliphatic carbocycles. The van der Waals surface area contributed by atoms with Crippen molar-refractivity contribution >= 4 is 47.3 Å². The molecular weight excluding hydrogens is 1050 g/mol. The summed E-state index contributed by atoms with van der Waals surface area (Å²) in [6.45, 7) is 15.8. The van der Waals surface area contributed by atoms with Gasteiger partial charge in [-0.15, -0.1) is 0 Å². The number of aliphatic carboxylic acids is 1. The van der Waals surface area contributed by atoms with Crippen LogP contribution in [0.15, 0.2) is 48.5 Å². The predicted molar refractivity (Wildman–Crippen MR) is 299 cm³/mol. The van der Waals surface area contributed by atoms with E-state index >= 15 is 0 Å². The molecule has 0 radical (unpaired) electrons. The second-order valence-electron chi connectivity index (χ2n) is 21.6. The normalized spacial score (nSPS) is 18.0. The Balaban J connectivity index is 1.80. The van der Waals surface area contributed by atoms with Gasteiger partial charge in [0.1, 0.15) is 24.4 Å². The van der Waals surface area contributed by atoms with Gasteiger partial charge in [0, 0.05) is 47.8 Å². The maximum Gasteiger partial charge on any atom is 0.410 e. The summed E-state index contributed by atoms with van der Waals surface area (Å²) >= 11 is 0. The number of aliphatic hydroxyl groups is 4. The summed E-state index contributed by atoms with van der Waals surface area (Å²) in [4.78, 5) is 99.9. The molecule has 0 spiro atoms. The summed E-state index contributed by atoms with van der Waals surface area (Å²) < 4.78 is 28.4. The number of rotatable bonds is 33. The second kappa shape index (κ2) is 33.2. The van der Waals surface area contributed by atoms with E-state index in [1.807, 2.05) is 32.0 Å². The smallest absolute Gasteiger partial charge is 0.410 e. The molecule has 1 heterocycles. The largest absolute Gasteiger partial charge is 0.479 e. The summed E-state index contributed by atoms with van der Waals surface area (Å²) in [5.74, 6) is -5.80. The molecule has 13 unspecified atom stereocenters. The lowest BCUT2D eigenvalue weighted by molar-refractivity contribution is -0.247. The van der Waals surface area contributed by atoms with Gasteiger partial charge in [0.2, 0.25) is 35.8 Å². The van der Waals surface area contributed by atoms with Crippen molar-refractivity contribution < 1.29 is 82.8 Å². The molecule has 2 aromatic rings. The van der Waals surface area contributed by atoms with Crippen LogP contribution in [0.2, 0.25) is 0 Å². The Hall–Kier alpha value is -5.99. The molecule has 1 aliphatic heterocycles. The van der Waals surface area contributed by atoms with Crippen LogP contribution in [0, 0.1) is 23.7 Å². The Morgan fingerprint density at radius 2 is 1.48 bits per heavy atom. The Bertz CT molecular complexity index is 2340. The predicted octanol–water partition coefficient (Wildman–Crippen LogP) is 2.99. The first-order valence-corrected chi connectivity index (χ1v) is 27.7. The lowest BCUT2D eigenvalue weighted by Crippen LogP contribution is -2.60. The molecule has 13 atom stereocenters. The zero-order valence-corrected chi connectivity index (χ0v) is 49.5. The van der Waals surface area contributed by atoms with Crippen molar-refractivity contribution in [1.82, 2.24) is 30.7 Å². The van der Waals surface area contributed by atoms with Crippen molar-refractivity contribution in [3.63, 3.8) is 0 Å². The minimum atomic E-state index is -2.40. The van der Waals surface area contributed by atoms with Crippen molar-refractivity contribution in [3.8, 4) is 5.75 Å². The Kier molecular flexibility index (Phi) is 28.4. The topological polar surface area (TPSA) is 325 Å². The van der Waals surface area contributed by atoms with Gasteiger partial charge in [-0.1, -0.05) is 91.3 Å². The van der Waals surface area contributed by atoms with Crippen LogP contribution in [0.25, 0.3) is 0 Å². The van der Waals surface area contributed by atoms with Gasteiger partial charge in [0.15, 0.2) is 6.10 Å². The van der Waals surface area contributed by atoms with E-state index in [1.54, 1.807) is 72.7 Å². The van der Waals surface area contributed by atoms with Crippen LogP contribution >= 0.6 is 0 Å². The van der Waals surface area contributed by atoms with Gasteiger partial charge in [-0.3, -0.25) is 28.9 Å². The number of nitrogens with zero attached hydrogens (tertiary/aromatic N) is 3. The van der Waals surface area contributed by atoms with Gasteiger partial charge in [-0.05, 0) is 74.8 Å². The SMILES string of the molecule is CCC(C)C(C(CC(=O)N1CCCC1C(OC)C(C)C(=O)NC(C)C(O)c1ccccc1)OC)N(C)C(=O)C(NC(=O)C(C(C)C)N(C)C(=O)OCc1ccc(OC(OC(C(=O)O)C(C)O)C(O)O)c(NC(=O)CCNC)c1)C(C)C. The summed E-state index contributed by atoms with van der Waals surface area (Å²) in [6.07, 6.45) is -9.51. The molecule has 0 saturated carbocycles. The lowest BCUT2D eigenvalue weighted by atomic mass is 9.89. The van der Waals surface area contributed by atoms with Gasteiger partial charge in [0.25, 0.3) is 6.29 Å². The van der Waals surface area contributed by atoms with Gasteiger partial charge in [-0.2, -0.15) is 0 Å². The molecule has 1 aliphatic rings. The molecule has 456 valence electrons. The lowest BCUT2D eigenvalue weighted by Gasteiger charge is -2.41. The average molecular weight is 1150 g/mol. The van der Waals surface area contributed by atoms with Crippen molar-refractivity contribution in [2.45, 2.75) is 174 Å². The molecule has 1 saturated heterocycles. The highest BCUT2D eigenvalue weighted by Crippen LogP contribution is 2.32. The third-order valence-corrected chi connectivity index (χ3v) is 14.8. The van der Waals surface area contributed by atoms with Crippen LogP contribution in [-0.2, 0) is 54.3 Å². The van der Waals surface area contributed by atoms with E-state index in [4.69, 9.17) is 23.7 Å². The van der Waals surface area contributed by atoms with E-state index in [1.165, 1.54) is 44.4 Å². The van der Waals surface area contributed by atoms with Crippen molar-refractivity contribution in [2.75, 3.05) is 53.8 Å². The van der Waals surface area contributed by atoms with E-state index < -0.39 is 127 Å². The zero-order valence-electron chi connectivity index (χ0n) is 49.5. The fraction of sp³-hybridized carbons (Fsp3) is 0.667. The second-order valence-corrected chi connectivity index (χ2v) is 21.6. The number of nitrogens with one attached hydrogen (secondary N) is 4. The third kappa shape index (κ3) is 19.6. The Morgan fingerprint density at radius 1 is 0.827 bits per heavy atom. The first kappa shape index (κ1) is 69.3. The van der Waals surface area contributed by atoms with E-state index in [0.29, 0.717) is 36.9 Å². The van der Waals surface area contributed by atoms with Crippen LogP contribution in [0.3, 0.4) is 0 Å². The van der Waals surface area contributed by atoms with Gasteiger partial charge >= 0.3 is 12.1 Å². The van der Waals surface area contributed by atoms with Crippen LogP contribution in [-0.4, -0.2) is 197 Å². The van der Waals surface area contributed by atoms with E-state index in [-0.39, 0.29) is 48.6 Å². The molecule has 24 nitrogen and oxygen atoms in total. The van der Waals surface area contributed by atoms with Crippen LogP contribution < -0.4 is 26.0 Å². The molecule has 1 fully saturated rings. The maximum atomic E-state index is 14.8. The first-order chi connectivity index (χ1) is 38.1. The summed E-state index contributed by atoms with van der Waals surface area (Å²) in [5.41, 5.74) is 0.921. The molecule has 9 N–H and O–H groups in total. The van der Waals surface area contributed by atoms with Gasteiger partial charge < -0.3 is 80.3 Å². The number of benzene rings is 2. The van der Waals surface area contributed by atoms with Gasteiger partial charge in [-0.25, -0.2) is 9.59 Å². The number of likely N-dealkylation sites (tertiary alicyclic amines) is 1. The number of carboxylic acids is 1. The summed E-state index contributed by atoms with van der Waals surface area (Å²) in [6, 6.07) is 9.16. The third-order valence-electron chi connectivity index (χ3n) is 14.8. The molecule has 2 aromatic carbocycles. The summed E-state index contributed by atoms with van der Waals surface area (Å²) in [7, 11) is 7.62. The number of carboxylic acid groups (broad SMARTS) is 1. The molecular formula is C57H91N7O17. The molecule has 81 heavy (non-hydrogen) atoms. The molecule has 3 rings (SSSR count). The molecule has 6 amide bonds. The highest BCUT2D eigenvalue weighted by atomic mass is 16.7. The van der Waals surface area contributed by atoms with Crippen molar-refractivity contribution in [3.05, 3.63) is 59.7 Å². The standard InChI is InChI=1S/C57H91N7O17/c1-15-33(6)47(42(77-13)29-44(67)64-27-19-22-40(64)49(78-14)34(7)51(69)59-35(8)48(68)38-20-17-16-18-21-38)62(11)53(71)45(31(2)3)61-52(70)46(32(4)5)63(12)57(76)79-30-37-23-24-41(39(28-37)60-43(66)25-26-58-10)80-56(55(74)75)81-50(36(9)65)54(72)73/h16-18,20-21,23-24,28,31-36,40,42,45-50,55-56,58,65,68,74-75H,15,19,22,25-27,29-30H2,1-14H3,(H,59,69)(H,60,66)(H,61,70)(H,72,73). The van der Waals surface area contributed by atoms with E-state index in [2.05, 4.69) is 21.3 Å². The number of anilines is 1. The molecule has 24 heteroatoms. The molecule has 0 aromatic heterocycles. The minimum Gasteiger partial charge on any atom is -0.479 e. The fourth-order valence-electron chi connectivity index (χ4n) is 10.1. The number of amides is 6. The number of carbonyl (C=O) groups is 7. The zero-order chi connectivity index (χ0) is 61.0. The first-order valence-electron chi connectivity index (χ1n) is 27.7. The highest BCUT2D eigenvalue weighted by molar-refractivity contribution is 5.93.